The summed E-state index contributed by atoms with van der Waals surface area (Å²) in [7, 11) is 1.78. The normalized spacial score (nSPS) is 18.6. The van der Waals surface area contributed by atoms with E-state index in [4.69, 9.17) is 0 Å². The van der Waals surface area contributed by atoms with Gasteiger partial charge >= 0.3 is 0 Å². The number of carbonyl (C=O) groups is 2. The second-order valence-electron chi connectivity index (χ2n) is 4.76. The highest BCUT2D eigenvalue weighted by Gasteiger charge is 2.24. The molecule has 3 N–H and O–H groups in total. The van der Waals surface area contributed by atoms with Gasteiger partial charge in [-0.25, -0.2) is 0 Å². The largest absolute Gasteiger partial charge is 0.387 e. The highest BCUT2D eigenvalue weighted by atomic mass is 16.2. The van der Waals surface area contributed by atoms with E-state index in [1.54, 1.807) is 13.1 Å². The van der Waals surface area contributed by atoms with Gasteiger partial charge in [0.15, 0.2) is 0 Å². The Labute approximate surface area is 112 Å². The van der Waals surface area contributed by atoms with E-state index in [2.05, 4.69) is 16.0 Å². The SMILES string of the molecule is CNc1cc(C)ccc1C(=O)NC1CCCNC1=O. The minimum absolute atomic E-state index is 0.0993. The molecule has 1 aliphatic rings. The highest BCUT2D eigenvalue weighted by Crippen LogP contribution is 2.17. The van der Waals surface area contributed by atoms with Gasteiger partial charge in [-0.15, -0.1) is 0 Å². The molecule has 1 unspecified atom stereocenters. The first kappa shape index (κ1) is 13.4. The van der Waals surface area contributed by atoms with Crippen molar-refractivity contribution in [2.45, 2.75) is 25.8 Å². The molecule has 2 rings (SSSR count). The summed E-state index contributed by atoms with van der Waals surface area (Å²) in [5, 5.41) is 8.55. The molecular formula is C14H19N3O2. The van der Waals surface area contributed by atoms with Gasteiger partial charge in [0.05, 0.1) is 5.56 Å². The molecule has 1 aromatic carbocycles. The zero-order valence-corrected chi connectivity index (χ0v) is 11.2. The van der Waals surface area contributed by atoms with Crippen molar-refractivity contribution >= 4 is 17.5 Å². The lowest BCUT2D eigenvalue weighted by Gasteiger charge is -2.23. The second-order valence-corrected chi connectivity index (χ2v) is 4.76. The third kappa shape index (κ3) is 3.05. The van der Waals surface area contributed by atoms with Gasteiger partial charge in [-0.3, -0.25) is 9.59 Å². The van der Waals surface area contributed by atoms with Gasteiger partial charge in [0.2, 0.25) is 5.91 Å². The fourth-order valence-corrected chi connectivity index (χ4v) is 2.21. The lowest BCUT2D eigenvalue weighted by Crippen LogP contribution is -2.50. The van der Waals surface area contributed by atoms with Crippen molar-refractivity contribution in [1.82, 2.24) is 10.6 Å². The number of hydrogen-bond acceptors (Lipinski definition) is 3. The van der Waals surface area contributed by atoms with Crippen LogP contribution in [0, 0.1) is 6.92 Å². The Bertz CT molecular complexity index is 499. The van der Waals surface area contributed by atoms with Gasteiger partial charge in [-0.05, 0) is 37.5 Å². The van der Waals surface area contributed by atoms with Crippen LogP contribution in [0.1, 0.15) is 28.8 Å². The quantitative estimate of drug-likeness (QED) is 0.761. The van der Waals surface area contributed by atoms with Crippen molar-refractivity contribution < 1.29 is 9.59 Å². The molecule has 1 atom stereocenters. The Morgan fingerprint density at radius 1 is 1.42 bits per heavy atom. The van der Waals surface area contributed by atoms with E-state index in [0.717, 1.165) is 17.7 Å². The van der Waals surface area contributed by atoms with E-state index in [-0.39, 0.29) is 11.8 Å². The topological polar surface area (TPSA) is 70.2 Å². The van der Waals surface area contributed by atoms with Crippen molar-refractivity contribution in [3.8, 4) is 0 Å². The summed E-state index contributed by atoms with van der Waals surface area (Å²) in [4.78, 5) is 23.8. The van der Waals surface area contributed by atoms with E-state index < -0.39 is 6.04 Å². The molecule has 5 nitrogen and oxygen atoms in total. The maximum Gasteiger partial charge on any atom is 0.254 e. The first-order valence-electron chi connectivity index (χ1n) is 6.49. The van der Waals surface area contributed by atoms with Crippen LogP contribution in [0.15, 0.2) is 18.2 Å². The van der Waals surface area contributed by atoms with Crippen molar-refractivity contribution in [3.05, 3.63) is 29.3 Å². The zero-order valence-electron chi connectivity index (χ0n) is 11.2. The van der Waals surface area contributed by atoms with Gasteiger partial charge in [0, 0.05) is 19.3 Å². The smallest absolute Gasteiger partial charge is 0.254 e. The van der Waals surface area contributed by atoms with Gasteiger partial charge < -0.3 is 16.0 Å². The van der Waals surface area contributed by atoms with Gasteiger partial charge in [-0.1, -0.05) is 6.07 Å². The highest BCUT2D eigenvalue weighted by molar-refractivity contribution is 6.02. The van der Waals surface area contributed by atoms with Crippen LogP contribution in [0.25, 0.3) is 0 Å². The number of carbonyl (C=O) groups excluding carboxylic acids is 2. The van der Waals surface area contributed by atoms with Gasteiger partial charge in [0.25, 0.3) is 5.91 Å². The molecule has 0 aromatic heterocycles. The Morgan fingerprint density at radius 3 is 2.89 bits per heavy atom. The molecule has 0 spiro atoms. The van der Waals surface area contributed by atoms with Crippen LogP contribution in [-0.2, 0) is 4.79 Å². The number of nitrogens with one attached hydrogen (secondary N) is 3. The Balaban J connectivity index is 2.13. The van der Waals surface area contributed by atoms with Crippen LogP contribution in [0.5, 0.6) is 0 Å². The van der Waals surface area contributed by atoms with E-state index in [9.17, 15) is 9.59 Å². The van der Waals surface area contributed by atoms with Crippen molar-refractivity contribution in [2.24, 2.45) is 0 Å². The summed E-state index contributed by atoms with van der Waals surface area (Å²) in [6.45, 7) is 2.66. The first-order valence-corrected chi connectivity index (χ1v) is 6.49. The van der Waals surface area contributed by atoms with Crippen molar-refractivity contribution in [1.29, 1.82) is 0 Å². The Morgan fingerprint density at radius 2 is 2.21 bits per heavy atom. The third-order valence-corrected chi connectivity index (χ3v) is 3.28. The van der Waals surface area contributed by atoms with Gasteiger partial charge in [0.1, 0.15) is 6.04 Å². The molecule has 5 heteroatoms. The summed E-state index contributed by atoms with van der Waals surface area (Å²) >= 11 is 0. The molecule has 0 aliphatic carbocycles. The second kappa shape index (κ2) is 5.73. The fourth-order valence-electron chi connectivity index (χ4n) is 2.21. The maximum absolute atomic E-state index is 12.2. The molecule has 2 amide bonds. The number of piperidine rings is 1. The molecule has 102 valence electrons. The fraction of sp³-hybridized carbons (Fsp3) is 0.429. The minimum Gasteiger partial charge on any atom is -0.387 e. The standard InChI is InChI=1S/C14H19N3O2/c1-9-5-6-10(12(8-9)15-2)13(18)17-11-4-3-7-16-14(11)19/h5-6,8,11,15H,3-4,7H2,1-2H3,(H,16,19)(H,17,18). The van der Waals surface area contributed by atoms with E-state index >= 15 is 0 Å². The van der Waals surface area contributed by atoms with Crippen LogP contribution in [-0.4, -0.2) is 31.4 Å². The lowest BCUT2D eigenvalue weighted by molar-refractivity contribution is -0.124. The molecule has 1 aromatic rings. The number of benzene rings is 1. The van der Waals surface area contributed by atoms with Crippen LogP contribution in [0.4, 0.5) is 5.69 Å². The summed E-state index contributed by atoms with van der Waals surface area (Å²) < 4.78 is 0. The molecular weight excluding hydrogens is 242 g/mol. The molecule has 1 aliphatic heterocycles. The maximum atomic E-state index is 12.2. The monoisotopic (exact) mass is 261 g/mol. The summed E-state index contributed by atoms with van der Waals surface area (Å²) in [6, 6.07) is 5.15. The van der Waals surface area contributed by atoms with Crippen LogP contribution in [0.3, 0.4) is 0 Å². The molecule has 0 radical (unpaired) electrons. The van der Waals surface area contributed by atoms with Crippen LogP contribution < -0.4 is 16.0 Å². The molecule has 0 saturated carbocycles. The Hall–Kier alpha value is -2.04. The number of aryl methyl sites for hydroxylation is 1. The average molecular weight is 261 g/mol. The van der Waals surface area contributed by atoms with E-state index in [1.807, 2.05) is 19.1 Å². The van der Waals surface area contributed by atoms with Crippen LogP contribution >= 0.6 is 0 Å². The molecule has 1 heterocycles. The van der Waals surface area contributed by atoms with Crippen molar-refractivity contribution in [2.75, 3.05) is 18.9 Å². The van der Waals surface area contributed by atoms with Gasteiger partial charge in [-0.2, -0.15) is 0 Å². The lowest BCUT2D eigenvalue weighted by atomic mass is 10.0. The van der Waals surface area contributed by atoms with E-state index in [1.165, 1.54) is 0 Å². The predicted octanol–water partition coefficient (Wildman–Crippen LogP) is 1.05. The van der Waals surface area contributed by atoms with E-state index in [0.29, 0.717) is 18.5 Å². The third-order valence-electron chi connectivity index (χ3n) is 3.28. The first-order chi connectivity index (χ1) is 9.11. The number of hydrogen-bond donors (Lipinski definition) is 3. The molecule has 0 bridgehead atoms. The minimum atomic E-state index is -0.424. The average Bonchev–Trinajstić information content (AvgIpc) is 2.41. The summed E-state index contributed by atoms with van der Waals surface area (Å²) in [5.41, 5.74) is 2.41. The number of amides is 2. The Kier molecular flexibility index (Phi) is 4.04. The molecule has 19 heavy (non-hydrogen) atoms. The number of anilines is 1. The zero-order chi connectivity index (χ0) is 13.8. The van der Waals surface area contributed by atoms with Crippen molar-refractivity contribution in [3.63, 3.8) is 0 Å². The summed E-state index contributed by atoms with van der Waals surface area (Å²) in [6.07, 6.45) is 1.59. The number of rotatable bonds is 3. The molecule has 1 saturated heterocycles. The molecule has 1 fully saturated rings. The predicted molar refractivity (Wildman–Crippen MR) is 74.2 cm³/mol. The summed E-state index contributed by atoms with van der Waals surface area (Å²) in [5.74, 6) is -0.316. The van der Waals surface area contributed by atoms with Crippen LogP contribution in [0.2, 0.25) is 0 Å².